The maximum atomic E-state index is 15.1. The lowest BCUT2D eigenvalue weighted by Crippen LogP contribution is -2.54. The van der Waals surface area contributed by atoms with Crippen LogP contribution in [-0.2, 0) is 26.1 Å². The van der Waals surface area contributed by atoms with Crippen molar-refractivity contribution >= 4 is 39.1 Å². The molecule has 0 fully saturated rings. The number of carbonyl (C=O) groups excluding carboxylic acids is 1. The van der Waals surface area contributed by atoms with Gasteiger partial charge in [-0.15, -0.1) is 11.8 Å². The standard InChI is InChI=1S/C36H46N2O6S2/c1-8-10-21-36(9-2)26-37(28-14-12-11-13-15-28)30-23-32(45-7)31(43-22-20-34(39)44-35(3,4)5)24-33(30)46(40,41)38(36)25-27-16-18-29(42-6)19-17-27/h11-20,22-24H,8-10,21,25-26H2,1-7H3/b22-20+. The van der Waals surface area contributed by atoms with Crippen LogP contribution in [0.1, 0.15) is 65.9 Å². The first-order valence-electron chi connectivity index (χ1n) is 15.6. The number of nitrogens with zero attached hydrogens (tertiary/aromatic N) is 2. The fourth-order valence-corrected chi connectivity index (χ4v) is 8.26. The molecular formula is C36H46N2O6S2. The van der Waals surface area contributed by atoms with Crippen LogP contribution < -0.4 is 14.4 Å². The van der Waals surface area contributed by atoms with E-state index in [-0.39, 0.29) is 11.4 Å². The second-order valence-corrected chi connectivity index (χ2v) is 15.1. The van der Waals surface area contributed by atoms with Gasteiger partial charge < -0.3 is 19.1 Å². The minimum absolute atomic E-state index is 0.148. The Balaban J connectivity index is 1.92. The highest BCUT2D eigenvalue weighted by Gasteiger charge is 2.48. The van der Waals surface area contributed by atoms with Crippen molar-refractivity contribution in [1.29, 1.82) is 0 Å². The van der Waals surface area contributed by atoms with Gasteiger partial charge in [-0.25, -0.2) is 13.2 Å². The van der Waals surface area contributed by atoms with E-state index in [1.54, 1.807) is 38.3 Å². The predicted octanol–water partition coefficient (Wildman–Crippen LogP) is 8.33. The van der Waals surface area contributed by atoms with Gasteiger partial charge in [-0.05, 0) is 75.8 Å². The number of thioether (sulfide) groups is 1. The smallest absolute Gasteiger partial charge is 0.334 e. The maximum absolute atomic E-state index is 15.1. The Morgan fingerprint density at radius 1 is 1.04 bits per heavy atom. The lowest BCUT2D eigenvalue weighted by Gasteiger charge is -2.43. The average Bonchev–Trinajstić information content (AvgIpc) is 3.10. The van der Waals surface area contributed by atoms with Crippen LogP contribution >= 0.6 is 11.8 Å². The number of fused-ring (bicyclic) bond motifs is 1. The average molecular weight is 667 g/mol. The van der Waals surface area contributed by atoms with Gasteiger partial charge in [0.15, 0.2) is 0 Å². The fraction of sp³-hybridized carbons (Fsp3) is 0.417. The number of ether oxygens (including phenoxy) is 3. The van der Waals surface area contributed by atoms with E-state index in [9.17, 15) is 4.79 Å². The molecular weight excluding hydrogens is 621 g/mol. The number of methoxy groups -OCH3 is 1. The van der Waals surface area contributed by atoms with Gasteiger partial charge in [0.1, 0.15) is 22.0 Å². The van der Waals surface area contributed by atoms with Crippen LogP contribution in [0.3, 0.4) is 0 Å². The third-order valence-electron chi connectivity index (χ3n) is 8.10. The summed E-state index contributed by atoms with van der Waals surface area (Å²) in [4.78, 5) is 15.3. The van der Waals surface area contributed by atoms with Crippen molar-refractivity contribution in [1.82, 2.24) is 4.31 Å². The summed E-state index contributed by atoms with van der Waals surface area (Å²) < 4.78 is 48.5. The number of anilines is 2. The summed E-state index contributed by atoms with van der Waals surface area (Å²) in [6, 6.07) is 21.0. The number of para-hydroxylation sites is 1. The van der Waals surface area contributed by atoms with Gasteiger partial charge in [-0.2, -0.15) is 4.31 Å². The molecule has 0 aromatic heterocycles. The van der Waals surface area contributed by atoms with Gasteiger partial charge in [0, 0.05) is 24.8 Å². The molecule has 0 N–H and O–H groups in total. The van der Waals surface area contributed by atoms with Crippen molar-refractivity contribution in [2.24, 2.45) is 0 Å². The molecule has 0 radical (unpaired) electrons. The van der Waals surface area contributed by atoms with Crippen molar-refractivity contribution < 1.29 is 27.4 Å². The van der Waals surface area contributed by atoms with Crippen LogP contribution in [0.2, 0.25) is 0 Å². The molecule has 8 nitrogen and oxygen atoms in total. The molecule has 0 amide bonds. The van der Waals surface area contributed by atoms with E-state index in [2.05, 4.69) is 18.7 Å². The van der Waals surface area contributed by atoms with Crippen molar-refractivity contribution in [3.8, 4) is 11.5 Å². The fourth-order valence-electron chi connectivity index (χ4n) is 5.69. The minimum Gasteiger partial charge on any atom is -0.497 e. The SMILES string of the molecule is CCCCC1(CC)CN(c2ccccc2)c2cc(SC)c(O/C=C/C(=O)OC(C)(C)C)cc2S(=O)(=O)N1Cc1ccc(OC)cc1. The molecule has 10 heteroatoms. The Morgan fingerprint density at radius 2 is 1.74 bits per heavy atom. The van der Waals surface area contributed by atoms with Crippen molar-refractivity contribution in [2.75, 3.05) is 24.8 Å². The van der Waals surface area contributed by atoms with Crippen LogP contribution in [0.4, 0.5) is 11.4 Å². The number of carbonyl (C=O) groups is 1. The molecule has 0 bridgehead atoms. The summed E-state index contributed by atoms with van der Waals surface area (Å²) in [5, 5.41) is 0. The molecule has 46 heavy (non-hydrogen) atoms. The van der Waals surface area contributed by atoms with Crippen molar-refractivity contribution in [3.63, 3.8) is 0 Å². The van der Waals surface area contributed by atoms with E-state index in [4.69, 9.17) is 14.2 Å². The van der Waals surface area contributed by atoms with Crippen LogP contribution in [0.5, 0.6) is 11.5 Å². The first-order chi connectivity index (χ1) is 21.9. The number of esters is 1. The molecule has 0 saturated carbocycles. The quantitative estimate of drug-likeness (QED) is 0.0826. The molecule has 3 aromatic rings. The van der Waals surface area contributed by atoms with E-state index in [1.165, 1.54) is 24.1 Å². The Hall–Kier alpha value is -3.47. The number of sulfonamides is 1. The molecule has 0 saturated heterocycles. The monoisotopic (exact) mass is 666 g/mol. The Bertz CT molecular complexity index is 1620. The summed E-state index contributed by atoms with van der Waals surface area (Å²) in [6.45, 7) is 10.2. The second-order valence-electron chi connectivity index (χ2n) is 12.4. The van der Waals surface area contributed by atoms with E-state index in [1.807, 2.05) is 66.9 Å². The summed E-state index contributed by atoms with van der Waals surface area (Å²) in [5.74, 6) is 0.497. The molecule has 1 unspecified atom stereocenters. The number of unbranched alkanes of at least 4 members (excludes halogenated alkanes) is 1. The zero-order valence-corrected chi connectivity index (χ0v) is 29.5. The minimum atomic E-state index is -4.08. The molecule has 248 valence electrons. The number of hydrogen-bond donors (Lipinski definition) is 0. The lowest BCUT2D eigenvalue weighted by molar-refractivity contribution is -0.148. The van der Waals surface area contributed by atoms with Gasteiger partial charge >= 0.3 is 5.97 Å². The third kappa shape index (κ3) is 8.08. The highest BCUT2D eigenvalue weighted by Crippen LogP contribution is 2.47. The maximum Gasteiger partial charge on any atom is 0.334 e. The Morgan fingerprint density at radius 3 is 2.33 bits per heavy atom. The van der Waals surface area contributed by atoms with Gasteiger partial charge in [0.2, 0.25) is 10.0 Å². The van der Waals surface area contributed by atoms with Gasteiger partial charge in [0.05, 0.1) is 35.6 Å². The van der Waals surface area contributed by atoms with Gasteiger partial charge in [-0.3, -0.25) is 0 Å². The van der Waals surface area contributed by atoms with Gasteiger partial charge in [0.25, 0.3) is 0 Å². The zero-order chi connectivity index (χ0) is 33.5. The highest BCUT2D eigenvalue weighted by atomic mass is 32.2. The largest absolute Gasteiger partial charge is 0.497 e. The van der Waals surface area contributed by atoms with Crippen molar-refractivity contribution in [3.05, 3.63) is 84.6 Å². The van der Waals surface area contributed by atoms with E-state index in [0.717, 1.165) is 29.0 Å². The predicted molar refractivity (Wildman–Crippen MR) is 186 cm³/mol. The molecule has 1 atom stereocenters. The number of rotatable bonds is 12. The first-order valence-corrected chi connectivity index (χ1v) is 18.3. The van der Waals surface area contributed by atoms with E-state index >= 15 is 8.42 Å². The molecule has 1 aliphatic rings. The van der Waals surface area contributed by atoms with Crippen LogP contribution in [0, 0.1) is 0 Å². The molecule has 4 rings (SSSR count). The number of benzene rings is 3. The normalized spacial score (nSPS) is 18.2. The van der Waals surface area contributed by atoms with Crippen LogP contribution in [-0.4, -0.2) is 49.7 Å². The molecule has 1 heterocycles. The molecule has 1 aliphatic heterocycles. The van der Waals surface area contributed by atoms with E-state index < -0.39 is 27.1 Å². The zero-order valence-electron chi connectivity index (χ0n) is 27.9. The Kier molecular flexibility index (Phi) is 11.5. The molecule has 0 spiro atoms. The van der Waals surface area contributed by atoms with Crippen molar-refractivity contribution in [2.45, 2.75) is 87.8 Å². The Labute approximate surface area is 278 Å². The topological polar surface area (TPSA) is 85.4 Å². The van der Waals surface area contributed by atoms with Crippen LogP contribution in [0.15, 0.2) is 88.9 Å². The third-order valence-corrected chi connectivity index (χ3v) is 10.8. The highest BCUT2D eigenvalue weighted by molar-refractivity contribution is 7.98. The lowest BCUT2D eigenvalue weighted by atomic mass is 9.88. The molecule has 0 aliphatic carbocycles. The van der Waals surface area contributed by atoms with E-state index in [0.29, 0.717) is 36.6 Å². The summed E-state index contributed by atoms with van der Waals surface area (Å²) in [7, 11) is -2.47. The summed E-state index contributed by atoms with van der Waals surface area (Å²) in [5.41, 5.74) is 1.00. The molecule has 3 aromatic carbocycles. The second kappa shape index (κ2) is 15.0. The number of hydrogen-bond acceptors (Lipinski definition) is 8. The summed E-state index contributed by atoms with van der Waals surface area (Å²) >= 11 is 1.45. The first kappa shape index (κ1) is 35.4. The van der Waals surface area contributed by atoms with Gasteiger partial charge in [-0.1, -0.05) is 57.0 Å². The summed E-state index contributed by atoms with van der Waals surface area (Å²) in [6.07, 6.45) is 7.50. The van der Waals surface area contributed by atoms with Crippen LogP contribution in [0.25, 0.3) is 0 Å².